The van der Waals surface area contributed by atoms with E-state index in [1.807, 2.05) is 31.3 Å². The molecule has 0 radical (unpaired) electrons. The standard InChI is InChI=1S/C15H26N4O2/c1-3-14(20)12-18-6-8-19(9-7-18)15(21)5-4-13-10-16-17(2)11-13/h10-11,14,20H,3-9,12H2,1-2H3/t14-/m0/s1. The summed E-state index contributed by atoms with van der Waals surface area (Å²) in [5.74, 6) is 0.217. The van der Waals surface area contributed by atoms with Crippen LogP contribution in [-0.4, -0.2) is 69.4 Å². The van der Waals surface area contributed by atoms with Crippen molar-refractivity contribution in [2.24, 2.45) is 7.05 Å². The Balaban J connectivity index is 1.70. The summed E-state index contributed by atoms with van der Waals surface area (Å²) in [6.45, 7) is 5.95. The largest absolute Gasteiger partial charge is 0.392 e. The van der Waals surface area contributed by atoms with E-state index in [1.54, 1.807) is 4.68 Å². The van der Waals surface area contributed by atoms with Crippen molar-refractivity contribution in [3.05, 3.63) is 18.0 Å². The van der Waals surface area contributed by atoms with Crippen molar-refractivity contribution in [1.29, 1.82) is 0 Å². The molecule has 0 bridgehead atoms. The first-order chi connectivity index (χ1) is 10.1. The number of carbonyl (C=O) groups excluding carboxylic acids is 1. The van der Waals surface area contributed by atoms with Crippen molar-refractivity contribution >= 4 is 5.91 Å². The van der Waals surface area contributed by atoms with E-state index in [1.165, 1.54) is 0 Å². The van der Waals surface area contributed by atoms with Crippen molar-refractivity contribution in [1.82, 2.24) is 19.6 Å². The maximum Gasteiger partial charge on any atom is 0.222 e. The van der Waals surface area contributed by atoms with E-state index in [0.717, 1.165) is 44.6 Å². The highest BCUT2D eigenvalue weighted by atomic mass is 16.3. The highest BCUT2D eigenvalue weighted by Crippen LogP contribution is 2.08. The lowest BCUT2D eigenvalue weighted by molar-refractivity contribution is -0.133. The Morgan fingerprint density at radius 1 is 1.38 bits per heavy atom. The van der Waals surface area contributed by atoms with Crippen LogP contribution in [0.2, 0.25) is 0 Å². The van der Waals surface area contributed by atoms with Gasteiger partial charge in [0.25, 0.3) is 0 Å². The van der Waals surface area contributed by atoms with Crippen LogP contribution in [0.5, 0.6) is 0 Å². The van der Waals surface area contributed by atoms with Gasteiger partial charge in [-0.25, -0.2) is 0 Å². The Labute approximate surface area is 126 Å². The van der Waals surface area contributed by atoms with Crippen LogP contribution in [0.4, 0.5) is 0 Å². The minimum atomic E-state index is -0.252. The van der Waals surface area contributed by atoms with Crippen molar-refractivity contribution in [3.8, 4) is 0 Å². The number of hydrogen-bond donors (Lipinski definition) is 1. The number of carbonyl (C=O) groups is 1. The molecule has 6 nitrogen and oxygen atoms in total. The summed E-state index contributed by atoms with van der Waals surface area (Å²) in [4.78, 5) is 16.4. The van der Waals surface area contributed by atoms with Gasteiger partial charge in [-0.05, 0) is 18.4 Å². The summed E-state index contributed by atoms with van der Waals surface area (Å²) in [6.07, 6.45) is 5.60. The third kappa shape index (κ3) is 4.82. The molecule has 1 fully saturated rings. The summed E-state index contributed by atoms with van der Waals surface area (Å²) in [6, 6.07) is 0. The zero-order valence-corrected chi connectivity index (χ0v) is 13.0. The number of aliphatic hydroxyl groups excluding tert-OH is 1. The van der Waals surface area contributed by atoms with Crippen LogP contribution < -0.4 is 0 Å². The van der Waals surface area contributed by atoms with Gasteiger partial charge < -0.3 is 10.0 Å². The van der Waals surface area contributed by atoms with Crippen molar-refractivity contribution < 1.29 is 9.90 Å². The number of aromatic nitrogens is 2. The van der Waals surface area contributed by atoms with E-state index in [0.29, 0.717) is 13.0 Å². The van der Waals surface area contributed by atoms with Crippen molar-refractivity contribution in [2.45, 2.75) is 32.3 Å². The van der Waals surface area contributed by atoms with Crippen LogP contribution >= 0.6 is 0 Å². The molecule has 1 N–H and O–H groups in total. The molecule has 0 aromatic carbocycles. The maximum absolute atomic E-state index is 12.2. The van der Waals surface area contributed by atoms with Crippen LogP contribution in [0, 0.1) is 0 Å². The third-order valence-corrected chi connectivity index (χ3v) is 4.05. The molecule has 0 aliphatic carbocycles. The summed E-state index contributed by atoms with van der Waals surface area (Å²) < 4.78 is 1.76. The molecule has 1 saturated heterocycles. The van der Waals surface area contributed by atoms with Crippen LogP contribution in [-0.2, 0) is 18.3 Å². The fourth-order valence-corrected chi connectivity index (χ4v) is 2.62. The van der Waals surface area contributed by atoms with Crippen LogP contribution in [0.25, 0.3) is 0 Å². The van der Waals surface area contributed by atoms with E-state index >= 15 is 0 Å². The zero-order chi connectivity index (χ0) is 15.2. The van der Waals surface area contributed by atoms with E-state index in [9.17, 15) is 9.90 Å². The molecule has 0 saturated carbocycles. The minimum absolute atomic E-state index is 0.217. The van der Waals surface area contributed by atoms with Gasteiger partial charge in [-0.1, -0.05) is 6.92 Å². The number of hydrogen-bond acceptors (Lipinski definition) is 4. The topological polar surface area (TPSA) is 61.6 Å². The molecule has 1 amide bonds. The first kappa shape index (κ1) is 16.0. The Kier molecular flexibility index (Phi) is 5.76. The number of rotatable bonds is 6. The van der Waals surface area contributed by atoms with E-state index < -0.39 is 0 Å². The highest BCUT2D eigenvalue weighted by Gasteiger charge is 2.21. The monoisotopic (exact) mass is 294 g/mol. The molecular formula is C15H26N4O2. The van der Waals surface area contributed by atoms with Gasteiger partial charge in [-0.15, -0.1) is 0 Å². The van der Waals surface area contributed by atoms with Crippen LogP contribution in [0.3, 0.4) is 0 Å². The number of nitrogens with zero attached hydrogens (tertiary/aromatic N) is 4. The lowest BCUT2D eigenvalue weighted by atomic mass is 10.1. The normalized spacial score (nSPS) is 18.0. The fraction of sp³-hybridized carbons (Fsp3) is 0.733. The summed E-state index contributed by atoms with van der Waals surface area (Å²) in [7, 11) is 1.88. The highest BCUT2D eigenvalue weighted by molar-refractivity contribution is 5.76. The summed E-state index contributed by atoms with van der Waals surface area (Å²) in [5, 5.41) is 13.8. The number of aliphatic hydroxyl groups is 1. The average molecular weight is 294 g/mol. The summed E-state index contributed by atoms with van der Waals surface area (Å²) in [5.41, 5.74) is 1.11. The van der Waals surface area contributed by atoms with Crippen molar-refractivity contribution in [3.63, 3.8) is 0 Å². The summed E-state index contributed by atoms with van der Waals surface area (Å²) >= 11 is 0. The Bertz CT molecular complexity index is 452. The molecule has 2 rings (SSSR count). The maximum atomic E-state index is 12.2. The van der Waals surface area contributed by atoms with Gasteiger partial charge >= 0.3 is 0 Å². The van der Waals surface area contributed by atoms with Gasteiger partial charge in [-0.3, -0.25) is 14.4 Å². The van der Waals surface area contributed by atoms with E-state index in [-0.39, 0.29) is 12.0 Å². The predicted octanol–water partition coefficient (Wildman–Crippen LogP) is 0.268. The lowest BCUT2D eigenvalue weighted by Crippen LogP contribution is -2.50. The predicted molar refractivity (Wildman–Crippen MR) is 80.8 cm³/mol. The number of amides is 1. The van der Waals surface area contributed by atoms with Gasteiger partial charge in [0.1, 0.15) is 0 Å². The number of β-amino-alcohol motifs (C(OH)–C–C–N with tert-alkyl or cyclic N) is 1. The second-order valence-electron chi connectivity index (χ2n) is 5.77. The Hall–Kier alpha value is -1.40. The van der Waals surface area contributed by atoms with Gasteiger partial charge in [0.2, 0.25) is 5.91 Å². The quantitative estimate of drug-likeness (QED) is 0.818. The van der Waals surface area contributed by atoms with Crippen molar-refractivity contribution in [2.75, 3.05) is 32.7 Å². The molecule has 1 aliphatic rings. The molecule has 0 spiro atoms. The molecule has 1 aromatic heterocycles. The fourth-order valence-electron chi connectivity index (χ4n) is 2.62. The van der Waals surface area contributed by atoms with Crippen LogP contribution in [0.1, 0.15) is 25.3 Å². The molecule has 2 heterocycles. The third-order valence-electron chi connectivity index (χ3n) is 4.05. The van der Waals surface area contributed by atoms with E-state index in [2.05, 4.69) is 10.00 Å². The second kappa shape index (κ2) is 7.56. The van der Waals surface area contributed by atoms with Crippen LogP contribution in [0.15, 0.2) is 12.4 Å². The Morgan fingerprint density at radius 3 is 2.67 bits per heavy atom. The molecule has 6 heteroatoms. The number of piperazine rings is 1. The zero-order valence-electron chi connectivity index (χ0n) is 13.0. The number of aryl methyl sites for hydroxylation is 2. The minimum Gasteiger partial charge on any atom is -0.392 e. The van der Waals surface area contributed by atoms with Gasteiger partial charge in [0, 0.05) is 52.4 Å². The average Bonchev–Trinajstić information content (AvgIpc) is 2.91. The first-order valence-corrected chi connectivity index (χ1v) is 7.74. The lowest BCUT2D eigenvalue weighted by Gasteiger charge is -2.35. The first-order valence-electron chi connectivity index (χ1n) is 7.74. The SMILES string of the molecule is CC[C@H](O)CN1CCN(C(=O)CCc2cnn(C)c2)CC1. The molecule has 21 heavy (non-hydrogen) atoms. The van der Waals surface area contributed by atoms with Gasteiger partial charge in [0.05, 0.1) is 12.3 Å². The van der Waals surface area contributed by atoms with Gasteiger partial charge in [-0.2, -0.15) is 5.10 Å². The Morgan fingerprint density at radius 2 is 2.10 bits per heavy atom. The second-order valence-corrected chi connectivity index (χ2v) is 5.77. The molecule has 1 aliphatic heterocycles. The molecule has 1 aromatic rings. The molecular weight excluding hydrogens is 268 g/mol. The smallest absolute Gasteiger partial charge is 0.222 e. The van der Waals surface area contributed by atoms with Gasteiger partial charge in [0.15, 0.2) is 0 Å². The molecule has 118 valence electrons. The van der Waals surface area contributed by atoms with E-state index in [4.69, 9.17) is 0 Å². The molecule has 1 atom stereocenters. The molecule has 0 unspecified atom stereocenters.